The molecule has 0 heterocycles. The third-order valence-corrected chi connectivity index (χ3v) is 2.81. The van der Waals surface area contributed by atoms with Gasteiger partial charge in [-0.2, -0.15) is 0 Å². The maximum atomic E-state index is 9.71. The molecule has 0 amide bonds. The number of rotatable bonds is 2. The van der Waals surface area contributed by atoms with E-state index in [0.29, 0.717) is 10.6 Å². The monoisotopic (exact) mass is 214 g/mol. The van der Waals surface area contributed by atoms with Gasteiger partial charge in [0.05, 0.1) is 6.61 Å². The maximum Gasteiger partial charge on any atom is 0.119 e. The van der Waals surface area contributed by atoms with Gasteiger partial charge in [0.25, 0.3) is 0 Å². The standard InChI is InChI=1S/C11H15ClO2/c1-7-4-10(14)8(5-9(7)12)11(2,3)6-13/h4-5,13-14H,6H2,1-3H3. The maximum absolute atomic E-state index is 9.71. The molecule has 0 unspecified atom stereocenters. The van der Waals surface area contributed by atoms with Crippen LogP contribution in [-0.2, 0) is 5.41 Å². The number of benzene rings is 1. The lowest BCUT2D eigenvalue weighted by Crippen LogP contribution is -2.22. The van der Waals surface area contributed by atoms with Crippen molar-refractivity contribution in [2.45, 2.75) is 26.2 Å². The molecule has 0 fully saturated rings. The third kappa shape index (κ3) is 2.02. The van der Waals surface area contributed by atoms with Gasteiger partial charge >= 0.3 is 0 Å². The van der Waals surface area contributed by atoms with Crippen LogP contribution in [0.1, 0.15) is 25.0 Å². The molecule has 14 heavy (non-hydrogen) atoms. The summed E-state index contributed by atoms with van der Waals surface area (Å²) in [5.41, 5.74) is 1.04. The molecule has 2 nitrogen and oxygen atoms in total. The molecule has 0 spiro atoms. The van der Waals surface area contributed by atoms with Crippen LogP contribution in [0.2, 0.25) is 5.02 Å². The minimum absolute atomic E-state index is 0.0278. The highest BCUT2D eigenvalue weighted by Gasteiger charge is 2.23. The molecule has 0 atom stereocenters. The average molecular weight is 215 g/mol. The molecule has 0 aromatic heterocycles. The van der Waals surface area contributed by atoms with Crippen molar-refractivity contribution in [3.8, 4) is 5.75 Å². The van der Waals surface area contributed by atoms with E-state index in [1.807, 2.05) is 20.8 Å². The SMILES string of the molecule is Cc1cc(O)c(C(C)(C)CO)cc1Cl. The molecule has 3 heteroatoms. The summed E-state index contributed by atoms with van der Waals surface area (Å²) < 4.78 is 0. The second-order valence-corrected chi connectivity index (χ2v) is 4.57. The third-order valence-electron chi connectivity index (χ3n) is 2.40. The Bertz CT molecular complexity index is 345. The Labute approximate surface area is 89.1 Å². The molecule has 1 rings (SSSR count). The summed E-state index contributed by atoms with van der Waals surface area (Å²) in [6.45, 7) is 5.51. The molecule has 0 saturated heterocycles. The van der Waals surface area contributed by atoms with Crippen molar-refractivity contribution in [1.29, 1.82) is 0 Å². The first kappa shape index (κ1) is 11.3. The number of phenols is 1. The number of aromatic hydroxyl groups is 1. The molecule has 78 valence electrons. The fraction of sp³-hybridized carbons (Fsp3) is 0.455. The topological polar surface area (TPSA) is 40.5 Å². The number of phenolic OH excluding ortho intramolecular Hbond substituents is 1. The first-order valence-corrected chi connectivity index (χ1v) is 4.87. The molecule has 1 aromatic rings. The Balaban J connectivity index is 3.29. The summed E-state index contributed by atoms with van der Waals surface area (Å²) >= 11 is 5.96. The fourth-order valence-corrected chi connectivity index (χ4v) is 1.46. The van der Waals surface area contributed by atoms with Gasteiger partial charge in [0.15, 0.2) is 0 Å². The van der Waals surface area contributed by atoms with Crippen molar-refractivity contribution in [3.63, 3.8) is 0 Å². The number of aryl methyl sites for hydroxylation is 1. The van der Waals surface area contributed by atoms with E-state index in [9.17, 15) is 10.2 Å². The zero-order valence-electron chi connectivity index (χ0n) is 8.63. The fourth-order valence-electron chi connectivity index (χ4n) is 1.29. The van der Waals surface area contributed by atoms with Gasteiger partial charge in [0.1, 0.15) is 5.75 Å². The van der Waals surface area contributed by atoms with Crippen LogP contribution in [-0.4, -0.2) is 16.8 Å². The van der Waals surface area contributed by atoms with Crippen molar-refractivity contribution in [2.75, 3.05) is 6.61 Å². The number of halogens is 1. The Kier molecular flexibility index (Phi) is 3.07. The molecular weight excluding hydrogens is 200 g/mol. The minimum Gasteiger partial charge on any atom is -0.508 e. The number of aliphatic hydroxyl groups excluding tert-OH is 1. The van der Waals surface area contributed by atoms with E-state index in [1.54, 1.807) is 12.1 Å². The highest BCUT2D eigenvalue weighted by molar-refractivity contribution is 6.31. The van der Waals surface area contributed by atoms with Crippen molar-refractivity contribution in [1.82, 2.24) is 0 Å². The number of hydrogen-bond donors (Lipinski definition) is 2. The molecule has 0 bridgehead atoms. The number of aliphatic hydroxyl groups is 1. The Hall–Kier alpha value is -0.730. The number of hydrogen-bond acceptors (Lipinski definition) is 2. The van der Waals surface area contributed by atoms with Gasteiger partial charge in [-0.1, -0.05) is 25.4 Å². The van der Waals surface area contributed by atoms with E-state index < -0.39 is 5.41 Å². The van der Waals surface area contributed by atoms with Gasteiger partial charge in [0, 0.05) is 16.0 Å². The highest BCUT2D eigenvalue weighted by atomic mass is 35.5. The van der Waals surface area contributed by atoms with Crippen LogP contribution < -0.4 is 0 Å². The summed E-state index contributed by atoms with van der Waals surface area (Å²) in [5.74, 6) is 0.186. The van der Waals surface area contributed by atoms with E-state index in [0.717, 1.165) is 5.56 Å². The molecule has 0 aliphatic heterocycles. The summed E-state index contributed by atoms with van der Waals surface area (Å²) in [7, 11) is 0. The quantitative estimate of drug-likeness (QED) is 0.795. The van der Waals surface area contributed by atoms with Crippen LogP contribution in [0.4, 0.5) is 0 Å². The van der Waals surface area contributed by atoms with Gasteiger partial charge in [-0.3, -0.25) is 0 Å². The van der Waals surface area contributed by atoms with E-state index in [2.05, 4.69) is 0 Å². The van der Waals surface area contributed by atoms with Crippen LogP contribution in [0.15, 0.2) is 12.1 Å². The van der Waals surface area contributed by atoms with Gasteiger partial charge in [0.2, 0.25) is 0 Å². The van der Waals surface area contributed by atoms with Crippen molar-refractivity contribution >= 4 is 11.6 Å². The lowest BCUT2D eigenvalue weighted by molar-refractivity contribution is 0.215. The second kappa shape index (κ2) is 3.79. The van der Waals surface area contributed by atoms with Crippen LogP contribution in [0.25, 0.3) is 0 Å². The minimum atomic E-state index is -0.471. The summed E-state index contributed by atoms with van der Waals surface area (Å²) in [4.78, 5) is 0. The highest BCUT2D eigenvalue weighted by Crippen LogP contribution is 2.34. The van der Waals surface area contributed by atoms with E-state index in [1.165, 1.54) is 0 Å². The first-order chi connectivity index (χ1) is 6.38. The Morgan fingerprint density at radius 1 is 1.36 bits per heavy atom. The van der Waals surface area contributed by atoms with Crippen LogP contribution in [0.5, 0.6) is 5.75 Å². The first-order valence-electron chi connectivity index (χ1n) is 4.49. The zero-order valence-corrected chi connectivity index (χ0v) is 9.39. The largest absolute Gasteiger partial charge is 0.508 e. The zero-order chi connectivity index (χ0) is 10.9. The van der Waals surface area contributed by atoms with E-state index >= 15 is 0 Å². The van der Waals surface area contributed by atoms with Gasteiger partial charge in [-0.25, -0.2) is 0 Å². The normalized spacial score (nSPS) is 11.8. The molecule has 2 N–H and O–H groups in total. The Morgan fingerprint density at radius 2 is 1.93 bits per heavy atom. The van der Waals surface area contributed by atoms with Crippen LogP contribution in [0, 0.1) is 6.92 Å². The lowest BCUT2D eigenvalue weighted by Gasteiger charge is -2.23. The second-order valence-electron chi connectivity index (χ2n) is 4.16. The van der Waals surface area contributed by atoms with Crippen molar-refractivity contribution < 1.29 is 10.2 Å². The Morgan fingerprint density at radius 3 is 2.43 bits per heavy atom. The molecule has 0 aliphatic carbocycles. The predicted molar refractivity (Wildman–Crippen MR) is 58.0 cm³/mol. The van der Waals surface area contributed by atoms with Crippen LogP contribution >= 0.6 is 11.6 Å². The van der Waals surface area contributed by atoms with Gasteiger partial charge in [-0.05, 0) is 24.6 Å². The van der Waals surface area contributed by atoms with Crippen molar-refractivity contribution in [3.05, 3.63) is 28.3 Å². The molecule has 0 aliphatic rings. The molecular formula is C11H15ClO2. The van der Waals surface area contributed by atoms with E-state index in [4.69, 9.17) is 11.6 Å². The predicted octanol–water partition coefficient (Wildman–Crippen LogP) is 2.62. The van der Waals surface area contributed by atoms with E-state index in [-0.39, 0.29) is 12.4 Å². The summed E-state index contributed by atoms with van der Waals surface area (Å²) in [6, 6.07) is 3.33. The molecule has 0 radical (unpaired) electrons. The van der Waals surface area contributed by atoms with Crippen LogP contribution in [0.3, 0.4) is 0 Å². The average Bonchev–Trinajstić information content (AvgIpc) is 2.11. The summed E-state index contributed by atoms with van der Waals surface area (Å²) in [5, 5.41) is 19.5. The molecule has 1 aromatic carbocycles. The smallest absolute Gasteiger partial charge is 0.119 e. The lowest BCUT2D eigenvalue weighted by atomic mass is 9.84. The summed E-state index contributed by atoms with van der Waals surface area (Å²) in [6.07, 6.45) is 0. The van der Waals surface area contributed by atoms with Gasteiger partial charge in [-0.15, -0.1) is 0 Å². The molecule has 0 saturated carbocycles. The van der Waals surface area contributed by atoms with Gasteiger partial charge < -0.3 is 10.2 Å². The van der Waals surface area contributed by atoms with Crippen molar-refractivity contribution in [2.24, 2.45) is 0 Å².